The Morgan fingerprint density at radius 1 is 1.31 bits per heavy atom. The van der Waals surface area contributed by atoms with Crippen LogP contribution in [0.5, 0.6) is 5.75 Å². The van der Waals surface area contributed by atoms with Gasteiger partial charge in [-0.3, -0.25) is 4.90 Å². The van der Waals surface area contributed by atoms with Gasteiger partial charge in [0.05, 0.1) is 6.54 Å². The second-order valence-corrected chi connectivity index (χ2v) is 8.10. The molecule has 158 valence electrons. The number of aliphatic imine (C=N–C) groups is 1. The van der Waals surface area contributed by atoms with E-state index in [1.165, 1.54) is 17.0 Å². The van der Waals surface area contributed by atoms with Gasteiger partial charge in [0, 0.05) is 17.5 Å². The molecule has 2 atom stereocenters. The average molecular weight is 427 g/mol. The fraction of sp³-hybridized carbons (Fsp3) is 0.450. The van der Waals surface area contributed by atoms with Crippen LogP contribution in [0.3, 0.4) is 0 Å². The van der Waals surface area contributed by atoms with Gasteiger partial charge in [-0.25, -0.2) is 4.99 Å². The highest BCUT2D eigenvalue weighted by Gasteiger charge is 2.31. The van der Waals surface area contributed by atoms with Gasteiger partial charge < -0.3 is 15.8 Å². The number of hydrogen-bond donors (Lipinski definition) is 2. The van der Waals surface area contributed by atoms with Crippen LogP contribution in [0.25, 0.3) is 0 Å². The first-order valence-corrected chi connectivity index (χ1v) is 10.3. The molecule has 0 amide bonds. The van der Waals surface area contributed by atoms with Gasteiger partial charge in [0.15, 0.2) is 5.96 Å². The number of piperidine rings is 1. The van der Waals surface area contributed by atoms with Gasteiger partial charge in [-0.15, -0.1) is 24.5 Å². The molecule has 9 heteroatoms. The zero-order valence-electron chi connectivity index (χ0n) is 16.2. The molecule has 1 aliphatic rings. The van der Waals surface area contributed by atoms with Crippen molar-refractivity contribution in [2.45, 2.75) is 31.8 Å². The van der Waals surface area contributed by atoms with E-state index >= 15 is 0 Å². The number of alkyl halides is 3. The normalized spacial score (nSPS) is 21.2. The largest absolute Gasteiger partial charge is 0.573 e. The summed E-state index contributed by atoms with van der Waals surface area (Å²) in [6.45, 7) is 2.08. The fourth-order valence-electron chi connectivity index (χ4n) is 3.65. The van der Waals surface area contributed by atoms with Gasteiger partial charge in [0.1, 0.15) is 5.75 Å². The molecule has 0 radical (unpaired) electrons. The Labute approximate surface area is 172 Å². The van der Waals surface area contributed by atoms with Crippen molar-refractivity contribution in [2.75, 3.05) is 20.1 Å². The number of guanidine groups is 1. The van der Waals surface area contributed by atoms with Crippen molar-refractivity contribution in [2.24, 2.45) is 16.6 Å². The highest BCUT2D eigenvalue weighted by atomic mass is 32.1. The van der Waals surface area contributed by atoms with Crippen LogP contribution in [-0.4, -0.2) is 37.4 Å². The number of ether oxygens (including phenoxy) is 1. The monoisotopic (exact) mass is 426 g/mol. The Balaban J connectivity index is 1.53. The van der Waals surface area contributed by atoms with E-state index in [4.69, 9.17) is 5.73 Å². The summed E-state index contributed by atoms with van der Waals surface area (Å²) in [4.78, 5) is 8.04. The van der Waals surface area contributed by atoms with Crippen molar-refractivity contribution in [3.8, 4) is 5.75 Å². The third-order valence-electron chi connectivity index (χ3n) is 4.98. The highest BCUT2D eigenvalue weighted by Crippen LogP contribution is 2.36. The first kappa shape index (κ1) is 21.4. The second-order valence-electron chi connectivity index (χ2n) is 7.12. The van der Waals surface area contributed by atoms with Gasteiger partial charge >= 0.3 is 6.36 Å². The molecule has 1 aliphatic heterocycles. The lowest BCUT2D eigenvalue weighted by Gasteiger charge is -2.39. The molecule has 2 aromatic rings. The minimum atomic E-state index is -4.69. The lowest BCUT2D eigenvalue weighted by molar-refractivity contribution is -0.274. The van der Waals surface area contributed by atoms with Crippen LogP contribution >= 0.6 is 11.3 Å². The molecular formula is C20H25F3N4OS. The molecule has 3 rings (SSSR count). The number of nitrogens with one attached hydrogen (secondary N) is 1. The summed E-state index contributed by atoms with van der Waals surface area (Å²) >= 11 is 1.77. The third kappa shape index (κ3) is 6.37. The Bertz CT molecular complexity index is 793. The molecule has 29 heavy (non-hydrogen) atoms. The zero-order chi connectivity index (χ0) is 20.9. The summed E-state index contributed by atoms with van der Waals surface area (Å²) in [5.74, 6) is 0.510. The van der Waals surface area contributed by atoms with E-state index in [1.807, 2.05) is 0 Å². The molecule has 1 saturated heterocycles. The van der Waals surface area contributed by atoms with Crippen molar-refractivity contribution in [1.29, 1.82) is 0 Å². The first-order valence-electron chi connectivity index (χ1n) is 9.44. The zero-order valence-corrected chi connectivity index (χ0v) is 17.0. The number of thiophene rings is 1. The van der Waals surface area contributed by atoms with Crippen molar-refractivity contribution in [3.63, 3.8) is 0 Å². The Kier molecular flexibility index (Phi) is 7.02. The van der Waals surface area contributed by atoms with Gasteiger partial charge in [-0.2, -0.15) is 0 Å². The lowest BCUT2D eigenvalue weighted by Crippen LogP contribution is -2.43. The smallest absolute Gasteiger partial charge is 0.406 e. The molecule has 0 bridgehead atoms. The van der Waals surface area contributed by atoms with E-state index in [1.54, 1.807) is 23.5 Å². The van der Waals surface area contributed by atoms with E-state index in [0.717, 1.165) is 31.5 Å². The standard InChI is InChI=1S/C20H25F3N4OS/c1-27-10-2-4-15(18(27)17-5-3-11-29-17)13-26-19(24)25-12-14-6-8-16(9-7-14)28-20(21,22)23/h3,5-9,11,15,18H,2,4,10,12-13H2,1H3,(H3,24,25,26). The van der Waals surface area contributed by atoms with E-state index in [2.05, 4.69) is 44.5 Å². The summed E-state index contributed by atoms with van der Waals surface area (Å²) in [6, 6.07) is 10.2. The van der Waals surface area contributed by atoms with Gasteiger partial charge in [-0.05, 0) is 61.5 Å². The van der Waals surface area contributed by atoms with E-state index in [-0.39, 0.29) is 12.3 Å². The number of benzene rings is 1. The first-order chi connectivity index (χ1) is 13.8. The van der Waals surface area contributed by atoms with Crippen molar-refractivity contribution in [1.82, 2.24) is 10.2 Å². The molecule has 3 N–H and O–H groups in total. The maximum absolute atomic E-state index is 12.2. The fourth-order valence-corrected chi connectivity index (χ4v) is 4.63. The topological polar surface area (TPSA) is 62.9 Å². The maximum Gasteiger partial charge on any atom is 0.573 e. The molecule has 5 nitrogen and oxygen atoms in total. The van der Waals surface area contributed by atoms with E-state index in [9.17, 15) is 13.2 Å². The Hall–Kier alpha value is -2.26. The molecule has 1 fully saturated rings. The molecule has 1 aromatic carbocycles. The maximum atomic E-state index is 12.2. The van der Waals surface area contributed by atoms with Crippen LogP contribution in [0.15, 0.2) is 46.8 Å². The number of nitrogens with zero attached hydrogens (tertiary/aromatic N) is 2. The summed E-state index contributed by atoms with van der Waals surface area (Å²) in [6.07, 6.45) is -2.43. The summed E-state index contributed by atoms with van der Waals surface area (Å²) < 4.78 is 40.5. The molecule has 2 heterocycles. The lowest BCUT2D eigenvalue weighted by atomic mass is 9.88. The molecule has 0 saturated carbocycles. The summed E-state index contributed by atoms with van der Waals surface area (Å²) in [5.41, 5.74) is 6.75. The van der Waals surface area contributed by atoms with Gasteiger partial charge in [0.25, 0.3) is 0 Å². The summed E-state index contributed by atoms with van der Waals surface area (Å²) in [7, 11) is 2.15. The van der Waals surface area contributed by atoms with Crippen molar-refractivity contribution in [3.05, 3.63) is 52.2 Å². The average Bonchev–Trinajstić information content (AvgIpc) is 3.19. The molecular weight excluding hydrogens is 401 g/mol. The molecule has 0 aliphatic carbocycles. The van der Waals surface area contributed by atoms with Gasteiger partial charge in [0.2, 0.25) is 0 Å². The second kappa shape index (κ2) is 9.49. The highest BCUT2D eigenvalue weighted by molar-refractivity contribution is 7.10. The number of nitrogens with two attached hydrogens (primary N) is 1. The van der Waals surface area contributed by atoms with Crippen LogP contribution in [-0.2, 0) is 6.54 Å². The summed E-state index contributed by atoms with van der Waals surface area (Å²) in [5, 5.41) is 5.31. The molecule has 1 aromatic heterocycles. The predicted octanol–water partition coefficient (Wildman–Crippen LogP) is 4.13. The van der Waals surface area contributed by atoms with Crippen LogP contribution in [0, 0.1) is 5.92 Å². The Morgan fingerprint density at radius 2 is 2.07 bits per heavy atom. The van der Waals surface area contributed by atoms with Crippen molar-refractivity contribution >= 4 is 17.3 Å². The quantitative estimate of drug-likeness (QED) is 0.539. The molecule has 0 spiro atoms. The number of likely N-dealkylation sites (tertiary alicyclic amines) is 1. The Morgan fingerprint density at radius 3 is 2.72 bits per heavy atom. The van der Waals surface area contributed by atoms with Gasteiger partial charge in [-0.1, -0.05) is 18.2 Å². The minimum absolute atomic E-state index is 0.252. The van der Waals surface area contributed by atoms with E-state index < -0.39 is 6.36 Å². The predicted molar refractivity (Wildman–Crippen MR) is 109 cm³/mol. The van der Waals surface area contributed by atoms with Crippen LogP contribution in [0.4, 0.5) is 13.2 Å². The number of rotatable bonds is 6. The number of halogens is 3. The van der Waals surface area contributed by atoms with Crippen LogP contribution < -0.4 is 15.8 Å². The van der Waals surface area contributed by atoms with Crippen molar-refractivity contribution < 1.29 is 17.9 Å². The van der Waals surface area contributed by atoms with E-state index in [0.29, 0.717) is 17.9 Å². The minimum Gasteiger partial charge on any atom is -0.406 e. The SMILES string of the molecule is CN1CCCC(CNC(N)=NCc2ccc(OC(F)(F)F)cc2)C1c1cccs1. The third-order valence-corrected chi connectivity index (χ3v) is 5.92. The van der Waals surface area contributed by atoms with Crippen LogP contribution in [0.2, 0.25) is 0 Å². The van der Waals surface area contributed by atoms with Crippen LogP contribution in [0.1, 0.15) is 29.3 Å². The molecule has 2 unspecified atom stereocenters. The number of hydrogen-bond acceptors (Lipinski definition) is 4.